The number of hydrogen-bond acceptors (Lipinski definition) is 5. The van der Waals surface area contributed by atoms with Gasteiger partial charge in [-0.2, -0.15) is 13.2 Å². The van der Waals surface area contributed by atoms with Crippen molar-refractivity contribution in [2.45, 2.75) is 44.7 Å². The van der Waals surface area contributed by atoms with E-state index in [1.807, 2.05) is 0 Å². The molecule has 0 atom stereocenters. The fourth-order valence-corrected chi connectivity index (χ4v) is 6.69. The van der Waals surface area contributed by atoms with Crippen molar-refractivity contribution in [3.05, 3.63) is 63.7 Å². The molecular weight excluding hydrogens is 532 g/mol. The summed E-state index contributed by atoms with van der Waals surface area (Å²) in [6.45, 7) is 0. The first kappa shape index (κ1) is 25.7. The summed E-state index contributed by atoms with van der Waals surface area (Å²) in [6, 6.07) is 8.66. The number of ketones is 1. The Morgan fingerprint density at radius 1 is 1.13 bits per heavy atom. The highest BCUT2D eigenvalue weighted by Gasteiger charge is 2.56. The number of pyridine rings is 1. The molecule has 2 bridgehead atoms. The standard InChI is InChI=1S/C29H24F4N2O3S/c1-34-26(37)24-20-9-19(17-8-23(39-14-17)22(36)13-28-10-15(11-28)12-28)21(6-7-29(31,32)33)35-27(20)38-25(24)16-2-4-18(30)5-3-16/h2-5,8-9,14-15H,6-7,10-13H2,1H3,(H,34,37). The number of carbonyl (C=O) groups is 2. The maximum atomic E-state index is 13.5. The Balaban J connectivity index is 1.45. The molecule has 7 rings (SSSR count). The lowest BCUT2D eigenvalue weighted by atomic mass is 9.43. The number of rotatable bonds is 8. The Morgan fingerprint density at radius 2 is 1.85 bits per heavy atom. The third-order valence-electron chi connectivity index (χ3n) is 7.85. The van der Waals surface area contributed by atoms with Crippen molar-refractivity contribution in [3.8, 4) is 22.5 Å². The van der Waals surface area contributed by atoms with E-state index < -0.39 is 30.7 Å². The number of fused-ring (bicyclic) bond motifs is 1. The normalized spacial score (nSPS) is 20.0. The Morgan fingerprint density at radius 3 is 2.46 bits per heavy atom. The van der Waals surface area contributed by atoms with Crippen LogP contribution in [-0.4, -0.2) is 29.9 Å². The third kappa shape index (κ3) is 4.75. The molecule has 3 saturated carbocycles. The molecule has 3 aliphatic rings. The van der Waals surface area contributed by atoms with Gasteiger partial charge in [-0.3, -0.25) is 9.59 Å². The van der Waals surface area contributed by atoms with Crippen LogP contribution < -0.4 is 5.32 Å². The largest absolute Gasteiger partial charge is 0.437 e. The lowest BCUT2D eigenvalue weighted by Crippen LogP contribution is -2.52. The first-order chi connectivity index (χ1) is 18.5. The molecule has 0 saturated heterocycles. The third-order valence-corrected chi connectivity index (χ3v) is 8.82. The number of alkyl halides is 3. The van der Waals surface area contributed by atoms with Gasteiger partial charge in [0.2, 0.25) is 5.71 Å². The topological polar surface area (TPSA) is 72.2 Å². The summed E-state index contributed by atoms with van der Waals surface area (Å²) in [4.78, 5) is 30.9. The highest BCUT2D eigenvalue weighted by Crippen LogP contribution is 2.66. The van der Waals surface area contributed by atoms with Crippen LogP contribution in [0.2, 0.25) is 0 Å². The molecule has 10 heteroatoms. The molecule has 0 spiro atoms. The number of thiophene rings is 1. The minimum absolute atomic E-state index is 0.00370. The number of furan rings is 1. The van der Waals surface area contributed by atoms with Gasteiger partial charge in [-0.1, -0.05) is 0 Å². The number of benzene rings is 1. The van der Waals surface area contributed by atoms with Crippen molar-refractivity contribution in [3.63, 3.8) is 0 Å². The number of amides is 1. The van der Waals surface area contributed by atoms with Crippen molar-refractivity contribution in [1.29, 1.82) is 0 Å². The molecular formula is C29H24F4N2O3S. The van der Waals surface area contributed by atoms with Crippen LogP contribution in [0.3, 0.4) is 0 Å². The smallest absolute Gasteiger partial charge is 0.389 e. The van der Waals surface area contributed by atoms with Crippen LogP contribution in [0.15, 0.2) is 46.2 Å². The number of nitrogens with one attached hydrogen (secondary N) is 1. The Labute approximate surface area is 225 Å². The van der Waals surface area contributed by atoms with Gasteiger partial charge in [-0.25, -0.2) is 9.37 Å². The molecule has 0 unspecified atom stereocenters. The van der Waals surface area contributed by atoms with E-state index in [1.165, 1.54) is 42.6 Å². The van der Waals surface area contributed by atoms with Crippen molar-refractivity contribution in [2.75, 3.05) is 7.05 Å². The van der Waals surface area contributed by atoms with Crippen molar-refractivity contribution in [2.24, 2.45) is 11.3 Å². The van der Waals surface area contributed by atoms with E-state index in [-0.39, 0.29) is 33.9 Å². The van der Waals surface area contributed by atoms with Crippen LogP contribution in [0.5, 0.6) is 0 Å². The summed E-state index contributed by atoms with van der Waals surface area (Å²) in [6.07, 6.45) is -2.12. The zero-order chi connectivity index (χ0) is 27.5. The average molecular weight is 557 g/mol. The molecule has 0 radical (unpaired) electrons. The molecule has 3 aliphatic carbocycles. The van der Waals surface area contributed by atoms with Gasteiger partial charge < -0.3 is 9.73 Å². The maximum Gasteiger partial charge on any atom is 0.389 e. The van der Waals surface area contributed by atoms with Crippen LogP contribution in [0, 0.1) is 17.2 Å². The minimum Gasteiger partial charge on any atom is -0.437 e. The molecule has 5 nitrogen and oxygen atoms in total. The molecule has 1 aromatic carbocycles. The van der Waals surface area contributed by atoms with E-state index >= 15 is 0 Å². The highest BCUT2D eigenvalue weighted by molar-refractivity contribution is 7.12. The molecule has 0 aliphatic heterocycles. The molecule has 39 heavy (non-hydrogen) atoms. The number of carbonyl (C=O) groups excluding carboxylic acids is 2. The second-order valence-corrected chi connectivity index (χ2v) is 11.5. The Bertz CT molecular complexity index is 1590. The van der Waals surface area contributed by atoms with Crippen LogP contribution >= 0.6 is 11.3 Å². The number of hydrogen-bond donors (Lipinski definition) is 1. The summed E-state index contributed by atoms with van der Waals surface area (Å²) < 4.78 is 59.0. The van der Waals surface area contributed by atoms with E-state index in [1.54, 1.807) is 17.5 Å². The van der Waals surface area contributed by atoms with E-state index in [0.717, 1.165) is 25.2 Å². The summed E-state index contributed by atoms with van der Waals surface area (Å²) in [5.41, 5.74) is 1.83. The van der Waals surface area contributed by atoms with Crippen LogP contribution in [0.25, 0.3) is 33.6 Å². The average Bonchev–Trinajstić information content (AvgIpc) is 3.48. The second kappa shape index (κ2) is 9.29. The SMILES string of the molecule is CNC(=O)c1c(-c2ccc(F)cc2)oc2nc(CCC(F)(F)F)c(-c3csc(C(=O)CC45CC(C4)C5)c3)cc12. The lowest BCUT2D eigenvalue weighted by molar-refractivity contribution is -0.134. The maximum absolute atomic E-state index is 13.5. The number of nitrogens with zero attached hydrogens (tertiary/aromatic N) is 1. The monoisotopic (exact) mass is 556 g/mol. The van der Waals surface area contributed by atoms with E-state index in [9.17, 15) is 27.2 Å². The minimum atomic E-state index is -4.40. The Kier molecular flexibility index (Phi) is 6.13. The van der Waals surface area contributed by atoms with Gasteiger partial charge in [0.05, 0.1) is 21.5 Å². The molecule has 4 aromatic rings. The van der Waals surface area contributed by atoms with Crippen LogP contribution in [0.1, 0.15) is 57.8 Å². The van der Waals surface area contributed by atoms with Gasteiger partial charge in [-0.15, -0.1) is 11.3 Å². The quantitative estimate of drug-likeness (QED) is 0.179. The first-order valence-electron chi connectivity index (χ1n) is 12.7. The summed E-state index contributed by atoms with van der Waals surface area (Å²) >= 11 is 1.26. The van der Waals surface area contributed by atoms with Gasteiger partial charge in [0.15, 0.2) is 5.78 Å². The molecule has 3 fully saturated rings. The van der Waals surface area contributed by atoms with E-state index in [4.69, 9.17) is 4.42 Å². The fourth-order valence-electron chi connectivity index (χ4n) is 5.84. The predicted octanol–water partition coefficient (Wildman–Crippen LogP) is 7.59. The van der Waals surface area contributed by atoms with Crippen molar-refractivity contribution in [1.82, 2.24) is 10.3 Å². The van der Waals surface area contributed by atoms with Gasteiger partial charge in [0.25, 0.3) is 5.91 Å². The first-order valence-corrected chi connectivity index (χ1v) is 13.6. The molecule has 3 aromatic heterocycles. The number of Topliss-reactive ketones (excluding diaryl/α,β-unsaturated/α-hetero) is 1. The number of halogens is 4. The lowest BCUT2D eigenvalue weighted by Gasteiger charge is -2.61. The summed E-state index contributed by atoms with van der Waals surface area (Å²) in [5.74, 6) is -0.0135. The molecule has 3 heterocycles. The van der Waals surface area contributed by atoms with Crippen LogP contribution in [0.4, 0.5) is 17.6 Å². The molecule has 202 valence electrons. The zero-order valence-electron chi connectivity index (χ0n) is 21.0. The fraction of sp³-hybridized carbons (Fsp3) is 0.345. The number of aryl methyl sites for hydroxylation is 1. The van der Waals surface area contributed by atoms with Crippen molar-refractivity contribution >= 4 is 34.1 Å². The predicted molar refractivity (Wildman–Crippen MR) is 139 cm³/mol. The van der Waals surface area contributed by atoms with Crippen LogP contribution in [-0.2, 0) is 6.42 Å². The van der Waals surface area contributed by atoms with Gasteiger partial charge in [0, 0.05) is 31.0 Å². The van der Waals surface area contributed by atoms with E-state index in [0.29, 0.717) is 33.4 Å². The number of aromatic nitrogens is 1. The Hall–Kier alpha value is -3.53. The molecule has 1 amide bonds. The summed E-state index contributed by atoms with van der Waals surface area (Å²) in [7, 11) is 1.45. The van der Waals surface area contributed by atoms with Crippen molar-refractivity contribution < 1.29 is 31.6 Å². The van der Waals surface area contributed by atoms with Gasteiger partial charge in [-0.05, 0) is 84.4 Å². The van der Waals surface area contributed by atoms with Gasteiger partial charge >= 0.3 is 6.18 Å². The van der Waals surface area contributed by atoms with E-state index in [2.05, 4.69) is 10.3 Å². The summed E-state index contributed by atoms with van der Waals surface area (Å²) in [5, 5.41) is 4.62. The zero-order valence-corrected chi connectivity index (χ0v) is 21.8. The van der Waals surface area contributed by atoms with Gasteiger partial charge in [0.1, 0.15) is 11.6 Å². The highest BCUT2D eigenvalue weighted by atomic mass is 32.1. The molecule has 1 N–H and O–H groups in total. The second-order valence-electron chi connectivity index (χ2n) is 10.6.